The van der Waals surface area contributed by atoms with Crippen LogP contribution in [0.25, 0.3) is 76.5 Å². The fourth-order valence-corrected chi connectivity index (χ4v) is 10.1. The summed E-state index contributed by atoms with van der Waals surface area (Å²) in [5.74, 6) is 1.84. The first-order chi connectivity index (χ1) is 27.6. The summed E-state index contributed by atoms with van der Waals surface area (Å²) in [7, 11) is 0. The molecule has 1 aliphatic heterocycles. The highest BCUT2D eigenvalue weighted by Crippen LogP contribution is 2.65. The molecule has 56 heavy (non-hydrogen) atoms. The minimum atomic E-state index is -0.653. The Hall–Kier alpha value is -6.96. The van der Waals surface area contributed by atoms with Crippen LogP contribution in [-0.2, 0) is 5.41 Å². The van der Waals surface area contributed by atoms with Crippen LogP contribution in [0, 0.1) is 13.8 Å². The Labute approximate surface area is 326 Å². The zero-order chi connectivity index (χ0) is 37.1. The minimum absolute atomic E-state index is 0.653. The second-order valence-corrected chi connectivity index (χ2v) is 15.8. The van der Waals surface area contributed by atoms with Gasteiger partial charge in [0.15, 0.2) is 0 Å². The summed E-state index contributed by atoms with van der Waals surface area (Å²) in [6, 6.07) is 68.1. The lowest BCUT2D eigenvalue weighted by Gasteiger charge is -2.40. The summed E-state index contributed by atoms with van der Waals surface area (Å²) in [6.45, 7) is 4.32. The van der Waals surface area contributed by atoms with Gasteiger partial charge < -0.3 is 4.74 Å². The third-order valence-corrected chi connectivity index (χ3v) is 12.6. The summed E-state index contributed by atoms with van der Waals surface area (Å²) in [4.78, 5) is 0. The van der Waals surface area contributed by atoms with Gasteiger partial charge in [-0.1, -0.05) is 146 Å². The molecule has 1 spiro atoms. The lowest BCUT2D eigenvalue weighted by molar-refractivity contribution is 0.435. The number of aryl methyl sites for hydroxylation is 2. The fraction of sp³-hybridized carbons (Fsp3) is 0.0545. The van der Waals surface area contributed by atoms with Gasteiger partial charge in [0.2, 0.25) is 0 Å². The summed E-state index contributed by atoms with van der Waals surface area (Å²) >= 11 is 0. The molecule has 0 aromatic heterocycles. The number of hydrogen-bond acceptors (Lipinski definition) is 1. The Kier molecular flexibility index (Phi) is 6.46. The van der Waals surface area contributed by atoms with Gasteiger partial charge in [-0.25, -0.2) is 0 Å². The van der Waals surface area contributed by atoms with Gasteiger partial charge >= 0.3 is 0 Å². The van der Waals surface area contributed by atoms with Gasteiger partial charge in [0.05, 0.1) is 5.41 Å². The molecule has 0 atom stereocenters. The molecule has 1 heterocycles. The second-order valence-electron chi connectivity index (χ2n) is 15.8. The maximum atomic E-state index is 6.96. The van der Waals surface area contributed by atoms with Crippen molar-refractivity contribution in [3.63, 3.8) is 0 Å². The number of ether oxygens (including phenoxy) is 1. The van der Waals surface area contributed by atoms with E-state index in [2.05, 4.69) is 196 Å². The first-order valence-electron chi connectivity index (χ1n) is 19.6. The van der Waals surface area contributed by atoms with Crippen LogP contribution < -0.4 is 4.74 Å². The zero-order valence-corrected chi connectivity index (χ0v) is 31.2. The van der Waals surface area contributed by atoms with E-state index in [1.165, 1.54) is 110 Å². The molecule has 0 N–H and O–H groups in total. The topological polar surface area (TPSA) is 9.23 Å². The summed E-state index contributed by atoms with van der Waals surface area (Å²) in [5, 5.41) is 10.0. The van der Waals surface area contributed by atoms with Gasteiger partial charge in [0.25, 0.3) is 0 Å². The van der Waals surface area contributed by atoms with Crippen molar-refractivity contribution in [2.45, 2.75) is 19.3 Å². The van der Waals surface area contributed by atoms with Crippen molar-refractivity contribution in [3.8, 4) is 44.9 Å². The largest absolute Gasteiger partial charge is 0.457 e. The van der Waals surface area contributed by atoms with E-state index in [9.17, 15) is 0 Å². The molecule has 2 aliphatic rings. The van der Waals surface area contributed by atoms with E-state index in [0.29, 0.717) is 0 Å². The molecular formula is C55H36O. The van der Waals surface area contributed by atoms with Crippen LogP contribution in [0.3, 0.4) is 0 Å². The number of hydrogen-bond donors (Lipinski definition) is 0. The third-order valence-electron chi connectivity index (χ3n) is 12.6. The summed E-state index contributed by atoms with van der Waals surface area (Å²) in [6.07, 6.45) is 0. The Morgan fingerprint density at radius 3 is 1.21 bits per heavy atom. The standard InChI is InChI=1S/C55H36O/c1-33-19-25-47-51(27-33)56-52-28-34(2)20-26-48(52)55(47)49-31-45(39-23-21-35-11-3-5-13-37(35)29-39)41-15-7-9-17-43(41)53(49)54-44-18-10-8-16-42(44)46(32-50(54)55)40-24-22-36-12-4-6-14-38(36)30-40/h3-32H,1-2H3. The van der Waals surface area contributed by atoms with Crippen LogP contribution >= 0.6 is 0 Å². The van der Waals surface area contributed by atoms with Crippen molar-refractivity contribution in [1.82, 2.24) is 0 Å². The van der Waals surface area contributed by atoms with E-state index in [1.807, 2.05) is 0 Å². The van der Waals surface area contributed by atoms with Gasteiger partial charge in [-0.05, 0) is 149 Å². The van der Waals surface area contributed by atoms with Crippen molar-refractivity contribution in [1.29, 1.82) is 0 Å². The van der Waals surface area contributed by atoms with Crippen LogP contribution in [0.5, 0.6) is 11.5 Å². The molecule has 0 saturated carbocycles. The number of rotatable bonds is 2. The maximum absolute atomic E-state index is 6.96. The average molecular weight is 713 g/mol. The molecule has 0 radical (unpaired) electrons. The first-order valence-corrected chi connectivity index (χ1v) is 19.6. The van der Waals surface area contributed by atoms with Gasteiger partial charge in [-0.15, -0.1) is 0 Å². The second kappa shape index (κ2) is 11.5. The molecule has 262 valence electrons. The summed E-state index contributed by atoms with van der Waals surface area (Å²) < 4.78 is 6.96. The Balaban J connectivity index is 1.29. The Bertz CT molecular complexity index is 3090. The number of fused-ring (bicyclic) bond motifs is 15. The average Bonchev–Trinajstić information content (AvgIpc) is 3.53. The smallest absolute Gasteiger partial charge is 0.132 e. The molecule has 0 amide bonds. The molecule has 0 fully saturated rings. The SMILES string of the molecule is Cc1ccc2c(c1)Oc1cc(C)ccc1C21c2cc(-c3ccc4ccccc4c3)c3ccccc3c2-c2c1cc(-c1ccc3ccccc3c1)c1ccccc21. The molecule has 1 nitrogen and oxygen atoms in total. The van der Waals surface area contributed by atoms with Crippen molar-refractivity contribution in [3.05, 3.63) is 215 Å². The van der Waals surface area contributed by atoms with E-state index < -0.39 is 5.41 Å². The van der Waals surface area contributed by atoms with Crippen LogP contribution in [0.1, 0.15) is 33.4 Å². The summed E-state index contributed by atoms with van der Waals surface area (Å²) in [5.41, 5.74) is 14.2. The highest BCUT2D eigenvalue weighted by atomic mass is 16.5. The van der Waals surface area contributed by atoms with Crippen molar-refractivity contribution in [2.75, 3.05) is 0 Å². The Morgan fingerprint density at radius 1 is 0.339 bits per heavy atom. The van der Waals surface area contributed by atoms with Crippen LogP contribution in [0.4, 0.5) is 0 Å². The third kappa shape index (κ3) is 4.26. The Morgan fingerprint density at radius 2 is 0.750 bits per heavy atom. The van der Waals surface area contributed by atoms with Crippen molar-refractivity contribution in [2.24, 2.45) is 0 Å². The van der Waals surface area contributed by atoms with Crippen molar-refractivity contribution < 1.29 is 4.74 Å². The van der Waals surface area contributed by atoms with Gasteiger partial charge in [0, 0.05) is 11.1 Å². The maximum Gasteiger partial charge on any atom is 0.132 e. The lowest BCUT2D eigenvalue weighted by Crippen LogP contribution is -2.32. The van der Waals surface area contributed by atoms with Gasteiger partial charge in [-0.3, -0.25) is 0 Å². The van der Waals surface area contributed by atoms with Crippen LogP contribution in [-0.4, -0.2) is 0 Å². The molecule has 0 unspecified atom stereocenters. The molecule has 0 saturated heterocycles. The van der Waals surface area contributed by atoms with E-state index >= 15 is 0 Å². The van der Waals surface area contributed by atoms with Crippen molar-refractivity contribution >= 4 is 43.1 Å². The van der Waals surface area contributed by atoms with Gasteiger partial charge in [0.1, 0.15) is 11.5 Å². The molecule has 12 rings (SSSR count). The molecular weight excluding hydrogens is 677 g/mol. The van der Waals surface area contributed by atoms with Crippen LogP contribution in [0.2, 0.25) is 0 Å². The predicted octanol–water partition coefficient (Wildman–Crippen LogP) is 14.7. The molecule has 1 heteroatoms. The van der Waals surface area contributed by atoms with E-state index in [1.54, 1.807) is 0 Å². The minimum Gasteiger partial charge on any atom is -0.457 e. The highest BCUT2D eigenvalue weighted by molar-refractivity contribution is 6.18. The van der Waals surface area contributed by atoms with E-state index in [0.717, 1.165) is 11.5 Å². The molecule has 0 bridgehead atoms. The van der Waals surface area contributed by atoms with Gasteiger partial charge in [-0.2, -0.15) is 0 Å². The quantitative estimate of drug-likeness (QED) is 0.173. The predicted molar refractivity (Wildman–Crippen MR) is 234 cm³/mol. The fourth-order valence-electron chi connectivity index (χ4n) is 10.1. The zero-order valence-electron chi connectivity index (χ0n) is 31.2. The first kappa shape index (κ1) is 31.4. The lowest BCUT2D eigenvalue weighted by atomic mass is 9.65. The number of benzene rings is 10. The normalized spacial score (nSPS) is 13.5. The monoisotopic (exact) mass is 712 g/mol. The van der Waals surface area contributed by atoms with E-state index in [-0.39, 0.29) is 0 Å². The molecule has 10 aromatic carbocycles. The van der Waals surface area contributed by atoms with E-state index in [4.69, 9.17) is 4.74 Å². The molecule has 10 aromatic rings. The molecule has 1 aliphatic carbocycles. The van der Waals surface area contributed by atoms with Crippen LogP contribution in [0.15, 0.2) is 182 Å². The highest BCUT2D eigenvalue weighted by Gasteiger charge is 2.52.